The number of carbonyl (C=O) groups is 2. The van der Waals surface area contributed by atoms with Crippen molar-refractivity contribution in [1.29, 1.82) is 0 Å². The van der Waals surface area contributed by atoms with E-state index in [4.69, 9.17) is 5.11 Å². The zero-order chi connectivity index (χ0) is 17.8. The quantitative estimate of drug-likeness (QED) is 0.863. The molecule has 2 aromatic rings. The summed E-state index contributed by atoms with van der Waals surface area (Å²) in [5.74, 6) is -1.13. The van der Waals surface area contributed by atoms with Crippen LogP contribution in [0.15, 0.2) is 42.7 Å². The zero-order valence-corrected chi connectivity index (χ0v) is 14.1. The second kappa shape index (κ2) is 7.48. The second-order valence-electron chi connectivity index (χ2n) is 6.47. The highest BCUT2D eigenvalue weighted by molar-refractivity contribution is 5.92. The molecule has 1 saturated heterocycles. The standard InChI is InChI=1S/C18H22N4O3/c1-21-11-14(7-8-16(21)18(24)25)17(23)20-15-9-19-22(12-15)10-13-5-3-2-4-6-13/h2-6,9,12,14,16H,7-8,10-11H2,1H3,(H,20,23)(H,24,25). The molecule has 7 heteroatoms. The van der Waals surface area contributed by atoms with Gasteiger partial charge in [-0.2, -0.15) is 5.10 Å². The number of carboxylic acids is 1. The van der Waals surface area contributed by atoms with Gasteiger partial charge in [0.1, 0.15) is 6.04 Å². The molecule has 1 aromatic carbocycles. The number of anilines is 1. The van der Waals surface area contributed by atoms with Crippen LogP contribution in [-0.2, 0) is 16.1 Å². The van der Waals surface area contributed by atoms with E-state index in [9.17, 15) is 9.59 Å². The Morgan fingerprint density at radius 2 is 2.04 bits per heavy atom. The summed E-state index contributed by atoms with van der Waals surface area (Å²) in [6.07, 6.45) is 4.49. The smallest absolute Gasteiger partial charge is 0.320 e. The van der Waals surface area contributed by atoms with Crippen molar-refractivity contribution in [2.24, 2.45) is 5.92 Å². The molecule has 0 bridgehead atoms. The molecular weight excluding hydrogens is 320 g/mol. The van der Waals surface area contributed by atoms with Crippen molar-refractivity contribution >= 4 is 17.6 Å². The van der Waals surface area contributed by atoms with E-state index in [0.29, 0.717) is 31.6 Å². The first-order chi connectivity index (χ1) is 12.0. The Hall–Kier alpha value is -2.67. The van der Waals surface area contributed by atoms with Gasteiger partial charge < -0.3 is 10.4 Å². The lowest BCUT2D eigenvalue weighted by Crippen LogP contribution is -2.47. The Bertz CT molecular complexity index is 744. The fraction of sp³-hybridized carbons (Fsp3) is 0.389. The summed E-state index contributed by atoms with van der Waals surface area (Å²) in [6.45, 7) is 1.09. The predicted octanol–water partition coefficient (Wildman–Crippen LogP) is 1.66. The highest BCUT2D eigenvalue weighted by Gasteiger charge is 2.33. The molecule has 0 spiro atoms. The van der Waals surface area contributed by atoms with E-state index in [1.807, 2.05) is 30.3 Å². The first-order valence-corrected chi connectivity index (χ1v) is 8.33. The van der Waals surface area contributed by atoms with Crippen LogP contribution in [0.4, 0.5) is 5.69 Å². The molecule has 0 saturated carbocycles. The topological polar surface area (TPSA) is 87.5 Å². The molecule has 1 aliphatic rings. The first-order valence-electron chi connectivity index (χ1n) is 8.33. The van der Waals surface area contributed by atoms with Crippen LogP contribution in [0.2, 0.25) is 0 Å². The molecular formula is C18H22N4O3. The van der Waals surface area contributed by atoms with Gasteiger partial charge in [0.15, 0.2) is 0 Å². The number of aromatic nitrogens is 2. The van der Waals surface area contributed by atoms with Crippen LogP contribution in [0.1, 0.15) is 18.4 Å². The van der Waals surface area contributed by atoms with Gasteiger partial charge in [-0.1, -0.05) is 30.3 Å². The lowest BCUT2D eigenvalue weighted by Gasteiger charge is -2.33. The number of piperidine rings is 1. The minimum atomic E-state index is -0.830. The fourth-order valence-electron chi connectivity index (χ4n) is 3.20. The molecule has 3 rings (SSSR count). The van der Waals surface area contributed by atoms with Gasteiger partial charge in [-0.15, -0.1) is 0 Å². The number of carbonyl (C=O) groups excluding carboxylic acids is 1. The van der Waals surface area contributed by atoms with Crippen LogP contribution < -0.4 is 5.32 Å². The number of carboxylic acid groups (broad SMARTS) is 1. The molecule has 1 aromatic heterocycles. The lowest BCUT2D eigenvalue weighted by molar-refractivity contribution is -0.145. The van der Waals surface area contributed by atoms with Crippen LogP contribution in [0.25, 0.3) is 0 Å². The Kier molecular flexibility index (Phi) is 5.14. The van der Waals surface area contributed by atoms with Crippen molar-refractivity contribution in [2.45, 2.75) is 25.4 Å². The number of hydrogen-bond acceptors (Lipinski definition) is 4. The van der Waals surface area contributed by atoms with Crippen molar-refractivity contribution < 1.29 is 14.7 Å². The molecule has 1 fully saturated rings. The minimum Gasteiger partial charge on any atom is -0.480 e. The molecule has 2 N–H and O–H groups in total. The monoisotopic (exact) mass is 342 g/mol. The minimum absolute atomic E-state index is 0.0880. The molecule has 2 unspecified atom stereocenters. The third-order valence-electron chi connectivity index (χ3n) is 4.57. The Morgan fingerprint density at radius 1 is 1.28 bits per heavy atom. The van der Waals surface area contributed by atoms with Crippen LogP contribution >= 0.6 is 0 Å². The van der Waals surface area contributed by atoms with Gasteiger partial charge >= 0.3 is 5.97 Å². The maximum absolute atomic E-state index is 12.4. The fourth-order valence-corrected chi connectivity index (χ4v) is 3.20. The highest BCUT2D eigenvalue weighted by Crippen LogP contribution is 2.22. The molecule has 25 heavy (non-hydrogen) atoms. The van der Waals surface area contributed by atoms with Crippen molar-refractivity contribution in [3.8, 4) is 0 Å². The van der Waals surface area contributed by atoms with Crippen molar-refractivity contribution in [3.05, 3.63) is 48.3 Å². The summed E-state index contributed by atoms with van der Waals surface area (Å²) in [4.78, 5) is 25.3. The Morgan fingerprint density at radius 3 is 2.72 bits per heavy atom. The third-order valence-corrected chi connectivity index (χ3v) is 4.57. The SMILES string of the molecule is CN1CC(C(=O)Nc2cnn(Cc3ccccc3)c2)CCC1C(=O)O. The molecule has 2 heterocycles. The van der Waals surface area contributed by atoms with Gasteiger partial charge in [0.05, 0.1) is 24.3 Å². The number of aliphatic carboxylic acids is 1. The normalized spacial score (nSPS) is 21.0. The van der Waals surface area contributed by atoms with Gasteiger partial charge in [0.2, 0.25) is 5.91 Å². The van der Waals surface area contributed by atoms with Crippen LogP contribution in [0, 0.1) is 5.92 Å². The van der Waals surface area contributed by atoms with Crippen molar-refractivity contribution in [2.75, 3.05) is 18.9 Å². The average Bonchev–Trinajstić information content (AvgIpc) is 3.02. The number of likely N-dealkylation sites (tertiary alicyclic amines) is 1. The summed E-state index contributed by atoms with van der Waals surface area (Å²) in [5.41, 5.74) is 1.79. The van der Waals surface area contributed by atoms with Crippen LogP contribution in [0.3, 0.4) is 0 Å². The average molecular weight is 342 g/mol. The predicted molar refractivity (Wildman–Crippen MR) is 93.2 cm³/mol. The maximum Gasteiger partial charge on any atom is 0.320 e. The van der Waals surface area contributed by atoms with E-state index < -0.39 is 12.0 Å². The molecule has 7 nitrogen and oxygen atoms in total. The van der Waals surface area contributed by atoms with E-state index in [-0.39, 0.29) is 11.8 Å². The number of hydrogen-bond donors (Lipinski definition) is 2. The molecule has 0 aliphatic carbocycles. The van der Waals surface area contributed by atoms with Gasteiger partial charge in [-0.05, 0) is 25.5 Å². The molecule has 1 amide bonds. The summed E-state index contributed by atoms with van der Waals surface area (Å²) in [7, 11) is 1.75. The number of nitrogens with one attached hydrogen (secondary N) is 1. The largest absolute Gasteiger partial charge is 0.480 e. The van der Waals surface area contributed by atoms with E-state index >= 15 is 0 Å². The van der Waals surface area contributed by atoms with Crippen molar-refractivity contribution in [1.82, 2.24) is 14.7 Å². The van der Waals surface area contributed by atoms with Gasteiger partial charge in [-0.3, -0.25) is 19.2 Å². The summed E-state index contributed by atoms with van der Waals surface area (Å²) < 4.78 is 1.78. The molecule has 0 radical (unpaired) electrons. The van der Waals surface area contributed by atoms with Gasteiger partial charge in [0, 0.05) is 12.7 Å². The van der Waals surface area contributed by atoms with E-state index in [1.165, 1.54) is 0 Å². The number of rotatable bonds is 5. The van der Waals surface area contributed by atoms with E-state index in [0.717, 1.165) is 5.56 Å². The molecule has 1 aliphatic heterocycles. The summed E-state index contributed by atoms with van der Waals surface area (Å²) >= 11 is 0. The lowest BCUT2D eigenvalue weighted by atomic mass is 9.92. The summed E-state index contributed by atoms with van der Waals surface area (Å²) in [5, 5.41) is 16.3. The second-order valence-corrected chi connectivity index (χ2v) is 6.47. The number of amides is 1. The van der Waals surface area contributed by atoms with Crippen LogP contribution in [-0.4, -0.2) is 51.3 Å². The van der Waals surface area contributed by atoms with Gasteiger partial charge in [-0.25, -0.2) is 0 Å². The summed E-state index contributed by atoms with van der Waals surface area (Å²) in [6, 6.07) is 9.47. The van der Waals surface area contributed by atoms with Crippen molar-refractivity contribution in [3.63, 3.8) is 0 Å². The zero-order valence-electron chi connectivity index (χ0n) is 14.1. The van der Waals surface area contributed by atoms with E-state index in [2.05, 4.69) is 10.4 Å². The van der Waals surface area contributed by atoms with Crippen LogP contribution in [0.5, 0.6) is 0 Å². The maximum atomic E-state index is 12.4. The number of likely N-dealkylation sites (N-methyl/N-ethyl adjacent to an activating group) is 1. The molecule has 132 valence electrons. The van der Waals surface area contributed by atoms with E-state index in [1.54, 1.807) is 29.0 Å². The Labute approximate surface area is 146 Å². The molecule has 2 atom stereocenters. The highest BCUT2D eigenvalue weighted by atomic mass is 16.4. The Balaban J connectivity index is 1.56. The van der Waals surface area contributed by atoms with Gasteiger partial charge in [0.25, 0.3) is 0 Å². The number of benzene rings is 1. The number of nitrogens with zero attached hydrogens (tertiary/aromatic N) is 3. The first kappa shape index (κ1) is 17.2. The third kappa shape index (κ3) is 4.24.